The zero-order valence-corrected chi connectivity index (χ0v) is 13.0. The third kappa shape index (κ3) is 2.57. The predicted molar refractivity (Wildman–Crippen MR) is 81.1 cm³/mol. The first-order chi connectivity index (χ1) is 10.9. The number of carboxylic acid groups (broad SMARTS) is 1. The summed E-state index contributed by atoms with van der Waals surface area (Å²) >= 11 is 0. The Morgan fingerprint density at radius 2 is 2.13 bits per heavy atom. The lowest BCUT2D eigenvalue weighted by molar-refractivity contribution is -0.154. The van der Waals surface area contributed by atoms with Gasteiger partial charge in [0.05, 0.1) is 12.5 Å². The zero-order valence-electron chi connectivity index (χ0n) is 13.0. The van der Waals surface area contributed by atoms with Gasteiger partial charge in [-0.1, -0.05) is 6.07 Å². The van der Waals surface area contributed by atoms with E-state index in [4.69, 9.17) is 9.84 Å². The number of carboxylic acids is 1. The van der Waals surface area contributed by atoms with Crippen LogP contribution < -0.4 is 4.90 Å². The van der Waals surface area contributed by atoms with Crippen LogP contribution in [0.1, 0.15) is 22.8 Å². The molecule has 2 aliphatic rings. The number of benzene rings is 1. The van der Waals surface area contributed by atoms with Gasteiger partial charge in [-0.2, -0.15) is 0 Å². The van der Waals surface area contributed by atoms with Gasteiger partial charge < -0.3 is 19.6 Å². The summed E-state index contributed by atoms with van der Waals surface area (Å²) in [5, 5.41) is 9.10. The van der Waals surface area contributed by atoms with Gasteiger partial charge in [0.25, 0.3) is 11.8 Å². The number of hydrogen-bond donors (Lipinski definition) is 1. The molecule has 0 aliphatic carbocycles. The van der Waals surface area contributed by atoms with Crippen LogP contribution in [0.4, 0.5) is 5.69 Å². The number of fused-ring (bicyclic) bond motifs is 1. The van der Waals surface area contributed by atoms with E-state index in [9.17, 15) is 14.4 Å². The number of morpholine rings is 1. The second kappa shape index (κ2) is 5.66. The fourth-order valence-electron chi connectivity index (χ4n) is 2.95. The predicted octanol–water partition coefficient (Wildman–Crippen LogP) is 0.725. The second-order valence-corrected chi connectivity index (χ2v) is 5.91. The molecule has 23 heavy (non-hydrogen) atoms. The molecular weight excluding hydrogens is 300 g/mol. The zero-order chi connectivity index (χ0) is 16.7. The standard InChI is InChI=1S/C16H18N2O5/c1-9(16(21)22)13-15(20)18(5-6-23-13)11-4-3-10-8-17(2)14(19)12(10)7-11/h3-4,7,9,13H,5-6,8H2,1-2H3,(H,21,22). The number of carbonyl (C=O) groups is 3. The molecule has 2 atom stereocenters. The van der Waals surface area contributed by atoms with Crippen molar-refractivity contribution in [1.29, 1.82) is 0 Å². The maximum absolute atomic E-state index is 12.6. The number of anilines is 1. The first kappa shape index (κ1) is 15.5. The number of carbonyl (C=O) groups excluding carboxylic acids is 2. The van der Waals surface area contributed by atoms with Gasteiger partial charge >= 0.3 is 5.97 Å². The van der Waals surface area contributed by atoms with Crippen molar-refractivity contribution >= 4 is 23.5 Å². The SMILES string of the molecule is CC(C(=O)O)C1OCCN(c2ccc3c(c2)C(=O)N(C)C3)C1=O. The lowest BCUT2D eigenvalue weighted by Crippen LogP contribution is -2.51. The smallest absolute Gasteiger partial charge is 0.309 e. The van der Waals surface area contributed by atoms with Gasteiger partial charge in [0.1, 0.15) is 6.10 Å². The Hall–Kier alpha value is -2.41. The highest BCUT2D eigenvalue weighted by Crippen LogP contribution is 2.28. The van der Waals surface area contributed by atoms with Crippen LogP contribution in [-0.2, 0) is 20.9 Å². The highest BCUT2D eigenvalue weighted by atomic mass is 16.5. The molecule has 122 valence electrons. The summed E-state index contributed by atoms with van der Waals surface area (Å²) in [6, 6.07) is 5.33. The summed E-state index contributed by atoms with van der Waals surface area (Å²) in [6.45, 7) is 2.61. The fourth-order valence-corrected chi connectivity index (χ4v) is 2.95. The Kier molecular flexibility index (Phi) is 3.81. The molecule has 2 aliphatic heterocycles. The van der Waals surface area contributed by atoms with E-state index in [1.54, 1.807) is 24.1 Å². The molecule has 1 fully saturated rings. The molecule has 0 bridgehead atoms. The molecule has 1 saturated heterocycles. The van der Waals surface area contributed by atoms with Crippen LogP contribution in [0.3, 0.4) is 0 Å². The molecule has 0 aromatic heterocycles. The molecule has 1 aromatic carbocycles. The van der Waals surface area contributed by atoms with Gasteiger partial charge in [0.2, 0.25) is 0 Å². The monoisotopic (exact) mass is 318 g/mol. The molecule has 3 rings (SSSR count). The van der Waals surface area contributed by atoms with Crippen LogP contribution in [0.2, 0.25) is 0 Å². The number of ether oxygens (including phenoxy) is 1. The maximum Gasteiger partial charge on any atom is 0.309 e. The van der Waals surface area contributed by atoms with E-state index in [1.165, 1.54) is 11.8 Å². The Balaban J connectivity index is 1.89. The Bertz CT molecular complexity index is 687. The molecule has 1 N–H and O–H groups in total. The number of amides is 2. The van der Waals surface area contributed by atoms with Crippen molar-refractivity contribution in [2.75, 3.05) is 25.1 Å². The average molecular weight is 318 g/mol. The Morgan fingerprint density at radius 1 is 1.39 bits per heavy atom. The molecule has 0 saturated carbocycles. The van der Waals surface area contributed by atoms with Crippen LogP contribution in [0, 0.1) is 5.92 Å². The Morgan fingerprint density at radius 3 is 2.83 bits per heavy atom. The van der Waals surface area contributed by atoms with E-state index in [2.05, 4.69) is 0 Å². The van der Waals surface area contributed by atoms with Crippen LogP contribution >= 0.6 is 0 Å². The number of aliphatic carboxylic acids is 1. The fraction of sp³-hybridized carbons (Fsp3) is 0.438. The highest BCUT2D eigenvalue weighted by molar-refractivity contribution is 6.02. The first-order valence-electron chi connectivity index (χ1n) is 7.44. The second-order valence-electron chi connectivity index (χ2n) is 5.91. The van der Waals surface area contributed by atoms with E-state index >= 15 is 0 Å². The van der Waals surface area contributed by atoms with E-state index in [-0.39, 0.29) is 18.4 Å². The summed E-state index contributed by atoms with van der Waals surface area (Å²) < 4.78 is 5.35. The van der Waals surface area contributed by atoms with Gasteiger partial charge in [-0.15, -0.1) is 0 Å². The molecule has 2 unspecified atom stereocenters. The molecule has 7 heteroatoms. The van der Waals surface area contributed by atoms with Crippen LogP contribution in [-0.4, -0.2) is 54.1 Å². The minimum atomic E-state index is -1.07. The van der Waals surface area contributed by atoms with Crippen molar-refractivity contribution in [3.8, 4) is 0 Å². The van der Waals surface area contributed by atoms with E-state index in [0.29, 0.717) is 24.3 Å². The number of hydrogen-bond acceptors (Lipinski definition) is 4. The Labute approximate surface area is 133 Å². The third-order valence-corrected chi connectivity index (χ3v) is 4.36. The van der Waals surface area contributed by atoms with Gasteiger partial charge in [-0.25, -0.2) is 0 Å². The maximum atomic E-state index is 12.6. The summed E-state index contributed by atoms with van der Waals surface area (Å²) in [4.78, 5) is 38.9. The first-order valence-corrected chi connectivity index (χ1v) is 7.44. The van der Waals surface area contributed by atoms with Gasteiger partial charge in [0.15, 0.2) is 0 Å². The summed E-state index contributed by atoms with van der Waals surface area (Å²) in [5.74, 6) is -2.45. The summed E-state index contributed by atoms with van der Waals surface area (Å²) in [6.07, 6.45) is -1.01. The van der Waals surface area contributed by atoms with Crippen molar-refractivity contribution < 1.29 is 24.2 Å². The van der Waals surface area contributed by atoms with Crippen LogP contribution in [0.25, 0.3) is 0 Å². The van der Waals surface area contributed by atoms with Gasteiger partial charge in [-0.05, 0) is 24.6 Å². The number of rotatable bonds is 3. The minimum absolute atomic E-state index is 0.0713. The molecule has 0 radical (unpaired) electrons. The minimum Gasteiger partial charge on any atom is -0.481 e. The van der Waals surface area contributed by atoms with Crippen molar-refractivity contribution in [2.45, 2.75) is 19.6 Å². The lowest BCUT2D eigenvalue weighted by atomic mass is 10.0. The highest BCUT2D eigenvalue weighted by Gasteiger charge is 2.38. The lowest BCUT2D eigenvalue weighted by Gasteiger charge is -2.34. The van der Waals surface area contributed by atoms with E-state index < -0.39 is 18.0 Å². The molecule has 1 aromatic rings. The van der Waals surface area contributed by atoms with Crippen molar-refractivity contribution in [2.24, 2.45) is 5.92 Å². The van der Waals surface area contributed by atoms with E-state index in [0.717, 1.165) is 5.56 Å². The topological polar surface area (TPSA) is 87.2 Å². The normalized spacial score (nSPS) is 22.3. The molecule has 2 amide bonds. The van der Waals surface area contributed by atoms with Crippen molar-refractivity contribution in [3.05, 3.63) is 29.3 Å². The van der Waals surface area contributed by atoms with Crippen LogP contribution in [0.15, 0.2) is 18.2 Å². The molecule has 0 spiro atoms. The van der Waals surface area contributed by atoms with Gasteiger partial charge in [-0.3, -0.25) is 14.4 Å². The summed E-state index contributed by atoms with van der Waals surface area (Å²) in [7, 11) is 1.73. The van der Waals surface area contributed by atoms with Gasteiger partial charge in [0, 0.05) is 31.4 Å². The van der Waals surface area contributed by atoms with Crippen molar-refractivity contribution in [3.63, 3.8) is 0 Å². The molecule has 7 nitrogen and oxygen atoms in total. The third-order valence-electron chi connectivity index (χ3n) is 4.36. The van der Waals surface area contributed by atoms with Crippen molar-refractivity contribution in [1.82, 2.24) is 4.90 Å². The van der Waals surface area contributed by atoms with Crippen LogP contribution in [0.5, 0.6) is 0 Å². The van der Waals surface area contributed by atoms with E-state index in [1.807, 2.05) is 6.07 Å². The molecule has 2 heterocycles. The summed E-state index contributed by atoms with van der Waals surface area (Å²) in [5.41, 5.74) is 2.12. The number of nitrogens with zero attached hydrogens (tertiary/aromatic N) is 2. The molecular formula is C16H18N2O5. The largest absolute Gasteiger partial charge is 0.481 e. The quantitative estimate of drug-likeness (QED) is 0.887. The average Bonchev–Trinajstić information content (AvgIpc) is 2.81.